The third-order valence-corrected chi connectivity index (χ3v) is 4.64. The summed E-state index contributed by atoms with van der Waals surface area (Å²) in [5, 5.41) is 5.85. The van der Waals surface area contributed by atoms with E-state index in [9.17, 15) is 9.59 Å². The lowest BCUT2D eigenvalue weighted by Crippen LogP contribution is -2.33. The molecule has 3 rings (SSSR count). The minimum absolute atomic E-state index is 0.144. The van der Waals surface area contributed by atoms with Crippen LogP contribution in [0.2, 0.25) is 0 Å². The minimum Gasteiger partial charge on any atom is -0.497 e. The maximum absolute atomic E-state index is 12.6. The van der Waals surface area contributed by atoms with Crippen molar-refractivity contribution in [3.8, 4) is 5.75 Å². The Morgan fingerprint density at radius 2 is 1.85 bits per heavy atom. The third-order valence-electron chi connectivity index (χ3n) is 4.64. The highest BCUT2D eigenvalue weighted by Gasteiger charge is 2.19. The van der Waals surface area contributed by atoms with Gasteiger partial charge in [-0.1, -0.05) is 37.1 Å². The summed E-state index contributed by atoms with van der Waals surface area (Å²) >= 11 is 0. The maximum atomic E-state index is 12.6. The van der Waals surface area contributed by atoms with E-state index >= 15 is 0 Å². The first-order chi connectivity index (χ1) is 13.2. The van der Waals surface area contributed by atoms with Crippen LogP contribution in [0.3, 0.4) is 0 Å². The SMILES string of the molecule is COc1cccc(/C=C/C(=O)Nc2ccccc2C(=O)NC2CCCC2)c1. The average Bonchev–Trinajstić information content (AvgIpc) is 3.20. The minimum atomic E-state index is -0.293. The van der Waals surface area contributed by atoms with E-state index in [-0.39, 0.29) is 17.9 Å². The van der Waals surface area contributed by atoms with E-state index in [4.69, 9.17) is 4.74 Å². The molecule has 0 unspecified atom stereocenters. The molecule has 5 nitrogen and oxygen atoms in total. The van der Waals surface area contributed by atoms with Gasteiger partial charge in [-0.25, -0.2) is 0 Å². The molecule has 0 spiro atoms. The van der Waals surface area contributed by atoms with Crippen LogP contribution in [0.15, 0.2) is 54.6 Å². The monoisotopic (exact) mass is 364 g/mol. The molecular formula is C22H24N2O3. The van der Waals surface area contributed by atoms with Gasteiger partial charge in [-0.3, -0.25) is 9.59 Å². The van der Waals surface area contributed by atoms with E-state index in [0.29, 0.717) is 11.3 Å². The van der Waals surface area contributed by atoms with Gasteiger partial charge >= 0.3 is 0 Å². The highest BCUT2D eigenvalue weighted by Crippen LogP contribution is 2.20. The van der Waals surface area contributed by atoms with E-state index in [1.54, 1.807) is 37.5 Å². The lowest BCUT2D eigenvalue weighted by molar-refractivity contribution is -0.111. The Hall–Kier alpha value is -3.08. The van der Waals surface area contributed by atoms with Crippen molar-refractivity contribution < 1.29 is 14.3 Å². The number of hydrogen-bond donors (Lipinski definition) is 2. The quantitative estimate of drug-likeness (QED) is 0.761. The number of rotatable bonds is 6. The lowest BCUT2D eigenvalue weighted by atomic mass is 10.1. The van der Waals surface area contributed by atoms with Crippen LogP contribution in [0, 0.1) is 0 Å². The Balaban J connectivity index is 1.66. The summed E-state index contributed by atoms with van der Waals surface area (Å²) in [7, 11) is 1.60. The molecule has 2 amide bonds. The molecule has 0 atom stereocenters. The van der Waals surface area contributed by atoms with Crippen molar-refractivity contribution in [3.63, 3.8) is 0 Å². The number of ether oxygens (including phenoxy) is 1. The van der Waals surface area contributed by atoms with Gasteiger partial charge < -0.3 is 15.4 Å². The first kappa shape index (κ1) is 18.7. The van der Waals surface area contributed by atoms with Gasteiger partial charge in [-0.2, -0.15) is 0 Å². The molecule has 1 fully saturated rings. The van der Waals surface area contributed by atoms with Crippen molar-refractivity contribution >= 4 is 23.6 Å². The fourth-order valence-corrected chi connectivity index (χ4v) is 3.21. The van der Waals surface area contributed by atoms with Gasteiger partial charge in [0.1, 0.15) is 5.75 Å². The number of nitrogens with one attached hydrogen (secondary N) is 2. The van der Waals surface area contributed by atoms with Crippen LogP contribution < -0.4 is 15.4 Å². The summed E-state index contributed by atoms with van der Waals surface area (Å²) in [6.07, 6.45) is 7.49. The Morgan fingerprint density at radius 3 is 2.63 bits per heavy atom. The molecule has 0 aromatic heterocycles. The largest absolute Gasteiger partial charge is 0.497 e. The number of amides is 2. The zero-order valence-corrected chi connectivity index (χ0v) is 15.4. The molecule has 27 heavy (non-hydrogen) atoms. The van der Waals surface area contributed by atoms with Crippen molar-refractivity contribution in [2.75, 3.05) is 12.4 Å². The summed E-state index contributed by atoms with van der Waals surface area (Å²) in [6, 6.07) is 14.7. The van der Waals surface area contributed by atoms with Crippen LogP contribution in [0.25, 0.3) is 6.08 Å². The van der Waals surface area contributed by atoms with Crippen molar-refractivity contribution in [2.24, 2.45) is 0 Å². The topological polar surface area (TPSA) is 67.4 Å². The predicted octanol–water partition coefficient (Wildman–Crippen LogP) is 4.02. The number of carbonyl (C=O) groups excluding carboxylic acids is 2. The number of anilines is 1. The lowest BCUT2D eigenvalue weighted by Gasteiger charge is -2.14. The Kier molecular flexibility index (Phi) is 6.26. The molecule has 0 heterocycles. The van der Waals surface area contributed by atoms with Crippen LogP contribution in [0.4, 0.5) is 5.69 Å². The first-order valence-electron chi connectivity index (χ1n) is 9.19. The van der Waals surface area contributed by atoms with Gasteiger partial charge in [0.25, 0.3) is 5.91 Å². The zero-order valence-electron chi connectivity index (χ0n) is 15.4. The Morgan fingerprint density at radius 1 is 1.07 bits per heavy atom. The summed E-state index contributed by atoms with van der Waals surface area (Å²) in [5.74, 6) is 0.292. The molecule has 0 saturated heterocycles. The number of methoxy groups -OCH3 is 1. The van der Waals surface area contributed by atoms with E-state index in [2.05, 4.69) is 10.6 Å². The third kappa shape index (κ3) is 5.20. The first-order valence-corrected chi connectivity index (χ1v) is 9.19. The summed E-state index contributed by atoms with van der Waals surface area (Å²) in [6.45, 7) is 0. The molecule has 1 aliphatic rings. The van der Waals surface area contributed by atoms with E-state index < -0.39 is 0 Å². The molecule has 140 valence electrons. The van der Waals surface area contributed by atoms with Gasteiger partial charge in [0, 0.05) is 12.1 Å². The molecule has 0 radical (unpaired) electrons. The van der Waals surface area contributed by atoms with Crippen LogP contribution in [-0.2, 0) is 4.79 Å². The normalized spacial score (nSPS) is 14.3. The fraction of sp³-hybridized carbons (Fsp3) is 0.273. The zero-order chi connectivity index (χ0) is 19.1. The Labute approximate surface area is 159 Å². The van der Waals surface area contributed by atoms with E-state index in [1.807, 2.05) is 24.3 Å². The number of hydrogen-bond acceptors (Lipinski definition) is 3. The number of benzene rings is 2. The Bertz CT molecular complexity index is 839. The second-order valence-corrected chi connectivity index (χ2v) is 6.60. The molecule has 0 aliphatic heterocycles. The molecule has 1 aliphatic carbocycles. The van der Waals surface area contributed by atoms with Crippen molar-refractivity contribution in [1.29, 1.82) is 0 Å². The van der Waals surface area contributed by atoms with Crippen LogP contribution in [0.5, 0.6) is 5.75 Å². The van der Waals surface area contributed by atoms with Crippen molar-refractivity contribution in [2.45, 2.75) is 31.7 Å². The van der Waals surface area contributed by atoms with E-state index in [1.165, 1.54) is 6.08 Å². The van der Waals surface area contributed by atoms with Gasteiger partial charge in [-0.15, -0.1) is 0 Å². The second-order valence-electron chi connectivity index (χ2n) is 6.60. The smallest absolute Gasteiger partial charge is 0.253 e. The van der Waals surface area contributed by atoms with Gasteiger partial charge in [0.15, 0.2) is 0 Å². The van der Waals surface area contributed by atoms with Gasteiger partial charge in [0.2, 0.25) is 5.91 Å². The number of carbonyl (C=O) groups is 2. The molecular weight excluding hydrogens is 340 g/mol. The van der Waals surface area contributed by atoms with Crippen LogP contribution in [-0.4, -0.2) is 25.0 Å². The fourth-order valence-electron chi connectivity index (χ4n) is 3.21. The molecule has 2 aromatic rings. The maximum Gasteiger partial charge on any atom is 0.253 e. The summed E-state index contributed by atoms with van der Waals surface area (Å²) in [4.78, 5) is 24.9. The predicted molar refractivity (Wildman–Crippen MR) is 107 cm³/mol. The van der Waals surface area contributed by atoms with Gasteiger partial charge in [0.05, 0.1) is 18.4 Å². The molecule has 1 saturated carbocycles. The highest BCUT2D eigenvalue weighted by molar-refractivity contribution is 6.07. The highest BCUT2D eigenvalue weighted by atomic mass is 16.5. The standard InChI is InChI=1S/C22H24N2O3/c1-27-18-10-6-7-16(15-18)13-14-21(25)24-20-12-5-4-11-19(20)22(26)23-17-8-2-3-9-17/h4-7,10-15,17H,2-3,8-9H2,1H3,(H,23,26)(H,24,25)/b14-13+. The second kappa shape index (κ2) is 9.03. The van der Waals surface area contributed by atoms with Crippen molar-refractivity contribution in [1.82, 2.24) is 5.32 Å². The van der Waals surface area contributed by atoms with Crippen molar-refractivity contribution in [3.05, 3.63) is 65.7 Å². The molecule has 0 bridgehead atoms. The average molecular weight is 364 g/mol. The van der Waals surface area contributed by atoms with Crippen LogP contribution >= 0.6 is 0 Å². The molecule has 2 N–H and O–H groups in total. The number of para-hydroxylation sites is 1. The summed E-state index contributed by atoms with van der Waals surface area (Å²) < 4.78 is 5.17. The van der Waals surface area contributed by atoms with E-state index in [0.717, 1.165) is 37.0 Å². The van der Waals surface area contributed by atoms with Crippen LogP contribution in [0.1, 0.15) is 41.6 Å². The van der Waals surface area contributed by atoms with Gasteiger partial charge in [-0.05, 0) is 48.7 Å². The molecule has 5 heteroatoms. The molecule has 2 aromatic carbocycles. The summed E-state index contributed by atoms with van der Waals surface area (Å²) in [5.41, 5.74) is 1.84.